The third kappa shape index (κ3) is 5.52. The Labute approximate surface area is 111 Å². The van der Waals surface area contributed by atoms with Crippen molar-refractivity contribution in [1.82, 2.24) is 10.2 Å². The molecule has 0 radical (unpaired) electrons. The number of hydrogen-bond acceptors (Lipinski definition) is 3. The summed E-state index contributed by atoms with van der Waals surface area (Å²) in [6.45, 7) is 14.0. The maximum atomic E-state index is 5.56. The average Bonchev–Trinajstić information content (AvgIpc) is 2.63. The normalized spacial score (nSPS) is 11.4. The number of nitrogens with one attached hydrogen (secondary N) is 1. The fourth-order valence-corrected chi connectivity index (χ4v) is 1.92. The van der Waals surface area contributed by atoms with E-state index in [9.17, 15) is 0 Å². The van der Waals surface area contributed by atoms with Crippen LogP contribution in [0.3, 0.4) is 0 Å². The van der Waals surface area contributed by atoms with E-state index in [0.29, 0.717) is 5.92 Å². The summed E-state index contributed by atoms with van der Waals surface area (Å²) in [6.07, 6.45) is 1.77. The number of rotatable bonds is 8. The molecule has 1 heterocycles. The summed E-state index contributed by atoms with van der Waals surface area (Å²) in [7, 11) is 2.09. The predicted octanol–water partition coefficient (Wildman–Crippen LogP) is 3.03. The van der Waals surface area contributed by atoms with Crippen LogP contribution >= 0.6 is 0 Å². The van der Waals surface area contributed by atoms with Gasteiger partial charge < -0.3 is 9.73 Å². The van der Waals surface area contributed by atoms with Crippen molar-refractivity contribution in [3.05, 3.63) is 35.8 Å². The van der Waals surface area contributed by atoms with E-state index in [0.717, 1.165) is 31.9 Å². The van der Waals surface area contributed by atoms with Crippen molar-refractivity contribution in [1.29, 1.82) is 0 Å². The fraction of sp³-hybridized carbons (Fsp3) is 0.600. The summed E-state index contributed by atoms with van der Waals surface area (Å²) in [6, 6.07) is 2.05. The number of furan rings is 1. The van der Waals surface area contributed by atoms with Gasteiger partial charge in [0, 0.05) is 18.7 Å². The zero-order valence-electron chi connectivity index (χ0n) is 12.1. The first-order valence-electron chi connectivity index (χ1n) is 6.58. The molecule has 0 aliphatic heterocycles. The lowest BCUT2D eigenvalue weighted by Gasteiger charge is -2.16. The third-order valence-electron chi connectivity index (χ3n) is 2.66. The standard InChI is InChI=1S/C15H26N2O/c1-12(2)8-16-9-14-6-7-18-15(14)11-17(5)10-13(3)4/h6-7,12,16H,3,8-11H2,1-2,4-5H3. The van der Waals surface area contributed by atoms with E-state index in [1.807, 2.05) is 6.92 Å². The van der Waals surface area contributed by atoms with Crippen molar-refractivity contribution in [2.24, 2.45) is 5.92 Å². The summed E-state index contributed by atoms with van der Waals surface area (Å²) in [4.78, 5) is 2.22. The summed E-state index contributed by atoms with van der Waals surface area (Å²) in [5.41, 5.74) is 2.42. The zero-order chi connectivity index (χ0) is 13.5. The van der Waals surface area contributed by atoms with Crippen LogP contribution in [0.1, 0.15) is 32.1 Å². The first-order valence-corrected chi connectivity index (χ1v) is 6.58. The van der Waals surface area contributed by atoms with Gasteiger partial charge in [-0.15, -0.1) is 0 Å². The lowest BCUT2D eigenvalue weighted by atomic mass is 10.2. The van der Waals surface area contributed by atoms with E-state index in [-0.39, 0.29) is 0 Å². The number of nitrogens with zero attached hydrogens (tertiary/aromatic N) is 1. The van der Waals surface area contributed by atoms with Gasteiger partial charge in [0.1, 0.15) is 5.76 Å². The average molecular weight is 250 g/mol. The van der Waals surface area contributed by atoms with Crippen LogP contribution in [0.25, 0.3) is 0 Å². The molecule has 1 N–H and O–H groups in total. The fourth-order valence-electron chi connectivity index (χ4n) is 1.92. The minimum atomic E-state index is 0.673. The van der Waals surface area contributed by atoms with Crippen molar-refractivity contribution < 1.29 is 4.42 Å². The van der Waals surface area contributed by atoms with Crippen LogP contribution in [-0.4, -0.2) is 25.0 Å². The highest BCUT2D eigenvalue weighted by Crippen LogP contribution is 2.13. The lowest BCUT2D eigenvalue weighted by Crippen LogP contribution is -2.22. The van der Waals surface area contributed by atoms with Crippen LogP contribution in [0.4, 0.5) is 0 Å². The second kappa shape index (κ2) is 7.39. The third-order valence-corrected chi connectivity index (χ3v) is 2.66. The first-order chi connectivity index (χ1) is 8.49. The highest BCUT2D eigenvalue weighted by atomic mass is 16.3. The monoisotopic (exact) mass is 250 g/mol. The summed E-state index contributed by atoms with van der Waals surface area (Å²) in [5, 5.41) is 3.45. The molecule has 0 bridgehead atoms. The lowest BCUT2D eigenvalue weighted by molar-refractivity contribution is 0.314. The van der Waals surface area contributed by atoms with E-state index in [1.54, 1.807) is 6.26 Å². The smallest absolute Gasteiger partial charge is 0.122 e. The van der Waals surface area contributed by atoms with Crippen LogP contribution in [0.5, 0.6) is 0 Å². The molecule has 0 saturated carbocycles. The van der Waals surface area contributed by atoms with Gasteiger partial charge in [0.2, 0.25) is 0 Å². The van der Waals surface area contributed by atoms with Crippen molar-refractivity contribution in [3.63, 3.8) is 0 Å². The minimum Gasteiger partial charge on any atom is -0.468 e. The van der Waals surface area contributed by atoms with Gasteiger partial charge in [-0.3, -0.25) is 4.90 Å². The SMILES string of the molecule is C=C(C)CN(C)Cc1occc1CNCC(C)C. The molecule has 3 nitrogen and oxygen atoms in total. The molecule has 1 rings (SSSR count). The molecule has 0 saturated heterocycles. The molecule has 0 aliphatic carbocycles. The Kier molecular flexibility index (Phi) is 6.16. The Morgan fingerprint density at radius 1 is 1.50 bits per heavy atom. The van der Waals surface area contributed by atoms with E-state index < -0.39 is 0 Å². The summed E-state index contributed by atoms with van der Waals surface area (Å²) in [5.74, 6) is 1.72. The van der Waals surface area contributed by atoms with Gasteiger partial charge in [0.25, 0.3) is 0 Å². The molecule has 0 aromatic carbocycles. The molecular formula is C15H26N2O. The largest absolute Gasteiger partial charge is 0.468 e. The van der Waals surface area contributed by atoms with Crippen LogP contribution in [0, 0.1) is 5.92 Å². The molecule has 0 atom stereocenters. The van der Waals surface area contributed by atoms with Crippen molar-refractivity contribution in [3.8, 4) is 0 Å². The van der Waals surface area contributed by atoms with Gasteiger partial charge in [-0.1, -0.05) is 26.0 Å². The Bertz CT molecular complexity index is 368. The molecule has 0 unspecified atom stereocenters. The van der Waals surface area contributed by atoms with E-state index in [2.05, 4.69) is 43.8 Å². The van der Waals surface area contributed by atoms with Crippen molar-refractivity contribution >= 4 is 0 Å². The predicted molar refractivity (Wildman–Crippen MR) is 76.4 cm³/mol. The van der Waals surface area contributed by atoms with E-state index >= 15 is 0 Å². The second-order valence-electron chi connectivity index (χ2n) is 5.52. The molecule has 102 valence electrons. The first kappa shape index (κ1) is 15.0. The highest BCUT2D eigenvalue weighted by molar-refractivity contribution is 5.17. The van der Waals surface area contributed by atoms with Gasteiger partial charge in [0.15, 0.2) is 0 Å². The zero-order valence-corrected chi connectivity index (χ0v) is 12.1. The maximum absolute atomic E-state index is 5.56. The molecule has 0 fully saturated rings. The quantitative estimate of drug-likeness (QED) is 0.719. The van der Waals surface area contributed by atoms with Crippen LogP contribution in [0.15, 0.2) is 28.9 Å². The Morgan fingerprint density at radius 2 is 2.22 bits per heavy atom. The summed E-state index contributed by atoms with van der Waals surface area (Å²) >= 11 is 0. The second-order valence-corrected chi connectivity index (χ2v) is 5.52. The van der Waals surface area contributed by atoms with Crippen LogP contribution < -0.4 is 5.32 Å². The molecule has 0 spiro atoms. The Balaban J connectivity index is 2.46. The van der Waals surface area contributed by atoms with Crippen LogP contribution in [0.2, 0.25) is 0 Å². The topological polar surface area (TPSA) is 28.4 Å². The number of likely N-dealkylation sites (N-methyl/N-ethyl adjacent to an activating group) is 1. The minimum absolute atomic E-state index is 0.673. The van der Waals surface area contributed by atoms with Gasteiger partial charge in [-0.2, -0.15) is 0 Å². The molecule has 0 aliphatic rings. The van der Waals surface area contributed by atoms with Crippen molar-refractivity contribution in [2.75, 3.05) is 20.1 Å². The van der Waals surface area contributed by atoms with Gasteiger partial charge in [0.05, 0.1) is 12.8 Å². The maximum Gasteiger partial charge on any atom is 0.122 e. The highest BCUT2D eigenvalue weighted by Gasteiger charge is 2.09. The Hall–Kier alpha value is -1.06. The number of hydrogen-bond donors (Lipinski definition) is 1. The van der Waals surface area contributed by atoms with Gasteiger partial charge >= 0.3 is 0 Å². The Morgan fingerprint density at radius 3 is 2.83 bits per heavy atom. The van der Waals surface area contributed by atoms with Gasteiger partial charge in [-0.05, 0) is 32.5 Å². The molecule has 3 heteroatoms. The van der Waals surface area contributed by atoms with E-state index in [4.69, 9.17) is 4.42 Å². The van der Waals surface area contributed by atoms with Gasteiger partial charge in [-0.25, -0.2) is 0 Å². The summed E-state index contributed by atoms with van der Waals surface area (Å²) < 4.78 is 5.56. The molecule has 1 aromatic heterocycles. The molecule has 18 heavy (non-hydrogen) atoms. The molecule has 1 aromatic rings. The van der Waals surface area contributed by atoms with Crippen LogP contribution in [-0.2, 0) is 13.1 Å². The van der Waals surface area contributed by atoms with Crippen molar-refractivity contribution in [2.45, 2.75) is 33.9 Å². The molecule has 0 amide bonds. The molecular weight excluding hydrogens is 224 g/mol. The van der Waals surface area contributed by atoms with E-state index in [1.165, 1.54) is 11.1 Å².